The van der Waals surface area contributed by atoms with Crippen LogP contribution in [-0.4, -0.2) is 25.8 Å². The fourth-order valence-corrected chi connectivity index (χ4v) is 2.31. The summed E-state index contributed by atoms with van der Waals surface area (Å²) < 4.78 is 5.04. The van der Waals surface area contributed by atoms with Gasteiger partial charge in [0.1, 0.15) is 0 Å². The highest BCUT2D eigenvalue weighted by atomic mass is 16.5. The molecule has 2 aliphatic heterocycles. The molecule has 2 heterocycles. The van der Waals surface area contributed by atoms with Crippen LogP contribution >= 0.6 is 0 Å². The van der Waals surface area contributed by atoms with Crippen molar-refractivity contribution in [3.8, 4) is 0 Å². The van der Waals surface area contributed by atoms with E-state index in [1.54, 1.807) is 12.7 Å². The number of rotatable bonds is 2. The molecule has 0 aromatic rings. The van der Waals surface area contributed by atoms with E-state index in [2.05, 4.69) is 11.4 Å². The average Bonchev–Trinajstić information content (AvgIpc) is 2.42. The molecule has 2 atom stereocenters. The largest absolute Gasteiger partial charge is 0.381 e. The molecule has 0 spiro atoms. The molecule has 2 nitrogen and oxygen atoms in total. The second-order valence-electron chi connectivity index (χ2n) is 3.86. The first-order valence-electron chi connectivity index (χ1n) is 4.81. The highest BCUT2D eigenvalue weighted by Crippen LogP contribution is 2.29. The summed E-state index contributed by atoms with van der Waals surface area (Å²) in [5.74, 6) is 0. The lowest BCUT2D eigenvalue weighted by atomic mass is 9.99. The van der Waals surface area contributed by atoms with Gasteiger partial charge in [0.25, 0.3) is 0 Å². The summed E-state index contributed by atoms with van der Waals surface area (Å²) in [6.07, 6.45) is 7.50. The van der Waals surface area contributed by atoms with Crippen molar-refractivity contribution in [1.29, 1.82) is 0 Å². The highest BCUT2D eigenvalue weighted by Gasteiger charge is 2.29. The third-order valence-corrected chi connectivity index (χ3v) is 2.89. The van der Waals surface area contributed by atoms with Crippen LogP contribution in [0.3, 0.4) is 0 Å². The summed E-state index contributed by atoms with van der Waals surface area (Å²) in [6.45, 7) is 0.786. The smallest absolute Gasteiger partial charge is 0.0646 e. The van der Waals surface area contributed by atoms with Crippen LogP contribution in [0.5, 0.6) is 0 Å². The van der Waals surface area contributed by atoms with Gasteiger partial charge in [-0.1, -0.05) is 11.6 Å². The Labute approximate surface area is 74.0 Å². The predicted octanol–water partition coefficient (Wildman–Crippen LogP) is 1.47. The number of hydrogen-bond donors (Lipinski definition) is 1. The van der Waals surface area contributed by atoms with E-state index in [1.807, 2.05) is 0 Å². The van der Waals surface area contributed by atoms with Gasteiger partial charge in [-0.25, -0.2) is 0 Å². The van der Waals surface area contributed by atoms with Gasteiger partial charge < -0.3 is 10.1 Å². The number of methoxy groups -OCH3 is 1. The maximum Gasteiger partial charge on any atom is 0.0646 e. The lowest BCUT2D eigenvalue weighted by Crippen LogP contribution is -2.34. The molecule has 2 saturated heterocycles. The fraction of sp³-hybridized carbons (Fsp3) is 0.800. The zero-order chi connectivity index (χ0) is 8.39. The van der Waals surface area contributed by atoms with Crippen LogP contribution in [0, 0.1) is 0 Å². The Morgan fingerprint density at radius 2 is 2.08 bits per heavy atom. The minimum atomic E-state index is 0.770. The molecular formula is C10H17NO. The first kappa shape index (κ1) is 8.27. The van der Waals surface area contributed by atoms with E-state index >= 15 is 0 Å². The molecule has 12 heavy (non-hydrogen) atoms. The van der Waals surface area contributed by atoms with Crippen molar-refractivity contribution in [2.24, 2.45) is 0 Å². The molecule has 2 fully saturated rings. The van der Waals surface area contributed by atoms with Crippen LogP contribution in [0.25, 0.3) is 0 Å². The number of piperidine rings is 1. The molecule has 2 bridgehead atoms. The molecule has 1 N–H and O–H groups in total. The summed E-state index contributed by atoms with van der Waals surface area (Å²) in [7, 11) is 1.76. The molecule has 2 rings (SSSR count). The van der Waals surface area contributed by atoms with Gasteiger partial charge in [0.05, 0.1) is 6.61 Å². The first-order valence-corrected chi connectivity index (χ1v) is 4.81. The highest BCUT2D eigenvalue weighted by molar-refractivity contribution is 5.13. The first-order chi connectivity index (χ1) is 5.88. The van der Waals surface area contributed by atoms with Gasteiger partial charge in [0.2, 0.25) is 0 Å². The SMILES string of the molecule is COCC=C1CC2CCC(C1)N2. The Morgan fingerprint density at radius 3 is 2.67 bits per heavy atom. The molecule has 0 amide bonds. The second kappa shape index (κ2) is 3.58. The summed E-state index contributed by atoms with van der Waals surface area (Å²) in [6, 6.07) is 1.54. The lowest BCUT2D eigenvalue weighted by Gasteiger charge is -2.23. The number of fused-ring (bicyclic) bond motifs is 2. The van der Waals surface area contributed by atoms with Gasteiger partial charge in [0, 0.05) is 19.2 Å². The van der Waals surface area contributed by atoms with Gasteiger partial charge in [-0.2, -0.15) is 0 Å². The van der Waals surface area contributed by atoms with Crippen molar-refractivity contribution < 1.29 is 4.74 Å². The van der Waals surface area contributed by atoms with E-state index in [-0.39, 0.29) is 0 Å². The molecular weight excluding hydrogens is 150 g/mol. The van der Waals surface area contributed by atoms with E-state index in [4.69, 9.17) is 4.74 Å². The van der Waals surface area contributed by atoms with Gasteiger partial charge in [-0.05, 0) is 25.7 Å². The molecule has 0 saturated carbocycles. The van der Waals surface area contributed by atoms with E-state index < -0.39 is 0 Å². The summed E-state index contributed by atoms with van der Waals surface area (Å²) in [5, 5.41) is 3.62. The summed E-state index contributed by atoms with van der Waals surface area (Å²) >= 11 is 0. The molecule has 0 aromatic carbocycles. The van der Waals surface area contributed by atoms with Gasteiger partial charge in [-0.3, -0.25) is 0 Å². The van der Waals surface area contributed by atoms with Crippen molar-refractivity contribution in [3.05, 3.63) is 11.6 Å². The van der Waals surface area contributed by atoms with Crippen molar-refractivity contribution in [2.45, 2.75) is 37.8 Å². The van der Waals surface area contributed by atoms with Crippen LogP contribution in [-0.2, 0) is 4.74 Å². The molecule has 0 aliphatic carbocycles. The predicted molar refractivity (Wildman–Crippen MR) is 49.1 cm³/mol. The van der Waals surface area contributed by atoms with Gasteiger partial charge in [-0.15, -0.1) is 0 Å². The number of ether oxygens (including phenoxy) is 1. The van der Waals surface area contributed by atoms with Crippen molar-refractivity contribution in [1.82, 2.24) is 5.32 Å². The molecule has 68 valence electrons. The zero-order valence-corrected chi connectivity index (χ0v) is 7.68. The van der Waals surface area contributed by atoms with Gasteiger partial charge in [0.15, 0.2) is 0 Å². The maximum absolute atomic E-state index is 5.04. The quantitative estimate of drug-likeness (QED) is 0.629. The van der Waals surface area contributed by atoms with Crippen molar-refractivity contribution in [2.75, 3.05) is 13.7 Å². The monoisotopic (exact) mass is 167 g/mol. The molecule has 0 aromatic heterocycles. The van der Waals surface area contributed by atoms with E-state index in [9.17, 15) is 0 Å². The second-order valence-corrected chi connectivity index (χ2v) is 3.86. The van der Waals surface area contributed by atoms with E-state index in [0.29, 0.717) is 0 Å². The Hall–Kier alpha value is -0.340. The maximum atomic E-state index is 5.04. The lowest BCUT2D eigenvalue weighted by molar-refractivity contribution is 0.232. The van der Waals surface area contributed by atoms with Crippen LogP contribution in [0.4, 0.5) is 0 Å². The Kier molecular flexibility index (Phi) is 2.47. The van der Waals surface area contributed by atoms with Crippen LogP contribution < -0.4 is 5.32 Å². The molecule has 2 aliphatic rings. The minimum Gasteiger partial charge on any atom is -0.381 e. The number of nitrogens with one attached hydrogen (secondary N) is 1. The Bertz CT molecular complexity index is 174. The molecule has 2 unspecified atom stereocenters. The third kappa shape index (κ3) is 1.70. The Balaban J connectivity index is 1.93. The fourth-order valence-electron chi connectivity index (χ4n) is 2.31. The van der Waals surface area contributed by atoms with E-state index in [1.165, 1.54) is 25.7 Å². The van der Waals surface area contributed by atoms with Crippen LogP contribution in [0.15, 0.2) is 11.6 Å². The minimum absolute atomic E-state index is 0.770. The Morgan fingerprint density at radius 1 is 1.42 bits per heavy atom. The van der Waals surface area contributed by atoms with Crippen LogP contribution in [0.2, 0.25) is 0 Å². The third-order valence-electron chi connectivity index (χ3n) is 2.89. The van der Waals surface area contributed by atoms with Crippen LogP contribution in [0.1, 0.15) is 25.7 Å². The van der Waals surface area contributed by atoms with Crippen molar-refractivity contribution in [3.63, 3.8) is 0 Å². The molecule has 0 radical (unpaired) electrons. The van der Waals surface area contributed by atoms with Gasteiger partial charge >= 0.3 is 0 Å². The van der Waals surface area contributed by atoms with Crippen molar-refractivity contribution >= 4 is 0 Å². The summed E-state index contributed by atoms with van der Waals surface area (Å²) in [4.78, 5) is 0. The summed E-state index contributed by atoms with van der Waals surface area (Å²) in [5.41, 5.74) is 1.60. The molecule has 2 heteroatoms. The number of hydrogen-bond acceptors (Lipinski definition) is 2. The average molecular weight is 167 g/mol. The zero-order valence-electron chi connectivity index (χ0n) is 7.68. The topological polar surface area (TPSA) is 21.3 Å². The van der Waals surface area contributed by atoms with E-state index in [0.717, 1.165) is 18.7 Å². The normalized spacial score (nSPS) is 33.9. The standard InChI is InChI=1S/C10H17NO/c1-12-5-4-8-6-9-2-3-10(7-8)11-9/h4,9-11H,2-3,5-7H2,1H3.